The van der Waals surface area contributed by atoms with Crippen LogP contribution in [-0.2, 0) is 4.74 Å². The minimum Gasteiger partial charge on any atom is -0.478 e. The summed E-state index contributed by atoms with van der Waals surface area (Å²) in [7, 11) is 0. The summed E-state index contributed by atoms with van der Waals surface area (Å²) >= 11 is 0. The Morgan fingerprint density at radius 3 is 1.95 bits per heavy atom. The SMILES string of the molecule is CC/C=C\C/C=C\C/C=C\C/C=C\CCC1=NC(C)(C)CO1. The predicted molar refractivity (Wildman–Crippen MR) is 97.4 cm³/mol. The molecule has 0 aromatic rings. The Bertz CT molecular complexity index is 439. The van der Waals surface area contributed by atoms with E-state index >= 15 is 0 Å². The van der Waals surface area contributed by atoms with Crippen LogP contribution in [0.25, 0.3) is 0 Å². The number of hydrogen-bond donors (Lipinski definition) is 0. The zero-order valence-electron chi connectivity index (χ0n) is 14.4. The van der Waals surface area contributed by atoms with Crippen molar-refractivity contribution in [2.75, 3.05) is 6.61 Å². The molecule has 22 heavy (non-hydrogen) atoms. The second-order valence-electron chi connectivity index (χ2n) is 6.15. The Hall–Kier alpha value is -1.57. The van der Waals surface area contributed by atoms with Crippen LogP contribution >= 0.6 is 0 Å². The molecule has 1 heterocycles. The molecule has 0 N–H and O–H groups in total. The van der Waals surface area contributed by atoms with Gasteiger partial charge in [-0.05, 0) is 46.0 Å². The summed E-state index contributed by atoms with van der Waals surface area (Å²) in [5.41, 5.74) is -0.0262. The summed E-state index contributed by atoms with van der Waals surface area (Å²) in [6.45, 7) is 7.09. The van der Waals surface area contributed by atoms with Crippen LogP contribution in [0.2, 0.25) is 0 Å². The highest BCUT2D eigenvalue weighted by Gasteiger charge is 2.25. The first-order valence-corrected chi connectivity index (χ1v) is 8.45. The number of ether oxygens (including phenoxy) is 1. The second-order valence-corrected chi connectivity index (χ2v) is 6.15. The van der Waals surface area contributed by atoms with E-state index < -0.39 is 0 Å². The monoisotopic (exact) mass is 301 g/mol. The first kappa shape index (κ1) is 18.5. The van der Waals surface area contributed by atoms with Crippen molar-refractivity contribution in [3.63, 3.8) is 0 Å². The van der Waals surface area contributed by atoms with Gasteiger partial charge in [-0.1, -0.05) is 55.5 Å². The van der Waals surface area contributed by atoms with Gasteiger partial charge >= 0.3 is 0 Å². The molecule has 0 saturated carbocycles. The molecule has 0 spiro atoms. The largest absolute Gasteiger partial charge is 0.478 e. The Kier molecular flexibility index (Phi) is 9.29. The van der Waals surface area contributed by atoms with E-state index in [9.17, 15) is 0 Å². The molecule has 0 aromatic carbocycles. The fraction of sp³-hybridized carbons (Fsp3) is 0.550. The van der Waals surface area contributed by atoms with E-state index in [0.29, 0.717) is 0 Å². The normalized spacial score (nSPS) is 18.0. The average molecular weight is 301 g/mol. The quantitative estimate of drug-likeness (QED) is 0.469. The molecule has 1 aliphatic heterocycles. The maximum absolute atomic E-state index is 5.57. The van der Waals surface area contributed by atoms with E-state index in [2.05, 4.69) is 74.4 Å². The second kappa shape index (κ2) is 11.1. The third-order valence-corrected chi connectivity index (χ3v) is 3.26. The molecule has 0 saturated heterocycles. The number of rotatable bonds is 10. The van der Waals surface area contributed by atoms with Crippen molar-refractivity contribution >= 4 is 5.90 Å². The van der Waals surface area contributed by atoms with Gasteiger partial charge in [0.05, 0.1) is 5.54 Å². The highest BCUT2D eigenvalue weighted by molar-refractivity contribution is 5.78. The lowest BCUT2D eigenvalue weighted by Crippen LogP contribution is -2.17. The van der Waals surface area contributed by atoms with Crippen LogP contribution in [0, 0.1) is 0 Å². The van der Waals surface area contributed by atoms with Gasteiger partial charge in [-0.2, -0.15) is 0 Å². The highest BCUT2D eigenvalue weighted by Crippen LogP contribution is 2.18. The highest BCUT2D eigenvalue weighted by atomic mass is 16.5. The van der Waals surface area contributed by atoms with Gasteiger partial charge in [0, 0.05) is 6.42 Å². The van der Waals surface area contributed by atoms with Crippen LogP contribution in [0.5, 0.6) is 0 Å². The molecule has 0 bridgehead atoms. The maximum atomic E-state index is 5.57. The Labute approximate surface area is 136 Å². The van der Waals surface area contributed by atoms with E-state index in [1.807, 2.05) is 0 Å². The van der Waals surface area contributed by atoms with Crippen molar-refractivity contribution < 1.29 is 4.74 Å². The Morgan fingerprint density at radius 1 is 0.909 bits per heavy atom. The predicted octanol–water partition coefficient (Wildman–Crippen LogP) is 5.78. The molecule has 2 heteroatoms. The Balaban J connectivity index is 2.02. The minimum atomic E-state index is -0.0262. The molecule has 1 aliphatic rings. The zero-order valence-corrected chi connectivity index (χ0v) is 14.4. The molecule has 0 amide bonds. The van der Waals surface area contributed by atoms with Crippen molar-refractivity contribution in [1.82, 2.24) is 0 Å². The lowest BCUT2D eigenvalue weighted by atomic mass is 10.1. The third-order valence-electron chi connectivity index (χ3n) is 3.26. The minimum absolute atomic E-state index is 0.0262. The van der Waals surface area contributed by atoms with Crippen molar-refractivity contribution in [2.45, 2.75) is 64.8 Å². The van der Waals surface area contributed by atoms with Gasteiger partial charge in [0.2, 0.25) is 0 Å². The van der Waals surface area contributed by atoms with E-state index in [4.69, 9.17) is 4.74 Å². The van der Waals surface area contributed by atoms with Crippen molar-refractivity contribution in [3.05, 3.63) is 48.6 Å². The van der Waals surface area contributed by atoms with Crippen LogP contribution in [0.3, 0.4) is 0 Å². The van der Waals surface area contributed by atoms with Gasteiger partial charge in [0.1, 0.15) is 6.61 Å². The number of aliphatic imine (C=N–C) groups is 1. The van der Waals surface area contributed by atoms with Crippen LogP contribution in [0.1, 0.15) is 59.3 Å². The first-order chi connectivity index (χ1) is 10.6. The van der Waals surface area contributed by atoms with E-state index in [0.717, 1.165) is 51.0 Å². The molecular weight excluding hydrogens is 270 g/mol. The molecule has 122 valence electrons. The first-order valence-electron chi connectivity index (χ1n) is 8.45. The fourth-order valence-corrected chi connectivity index (χ4v) is 2.09. The zero-order chi connectivity index (χ0) is 16.1. The standard InChI is InChI=1S/C20H31NO/c1-4-5-6-7-8-9-10-11-12-13-14-15-16-17-19-21-20(2,3)18-22-19/h5-6,8-9,11-12,14-15H,4,7,10,13,16-18H2,1-3H3/b6-5-,9-8-,12-11-,15-14-. The van der Waals surface area contributed by atoms with Gasteiger partial charge in [0.25, 0.3) is 0 Å². The fourth-order valence-electron chi connectivity index (χ4n) is 2.09. The molecule has 1 rings (SSSR count). The van der Waals surface area contributed by atoms with Crippen LogP contribution in [0.15, 0.2) is 53.6 Å². The molecule has 0 aromatic heterocycles. The molecule has 0 aliphatic carbocycles. The smallest absolute Gasteiger partial charge is 0.184 e. The summed E-state index contributed by atoms with van der Waals surface area (Å²) < 4.78 is 5.57. The van der Waals surface area contributed by atoms with E-state index in [1.54, 1.807) is 0 Å². The van der Waals surface area contributed by atoms with E-state index in [-0.39, 0.29) is 5.54 Å². The topological polar surface area (TPSA) is 21.6 Å². The van der Waals surface area contributed by atoms with Gasteiger partial charge < -0.3 is 4.74 Å². The summed E-state index contributed by atoms with van der Waals surface area (Å²) in [6.07, 6.45) is 23.8. The lowest BCUT2D eigenvalue weighted by Gasteiger charge is -2.07. The molecular formula is C20H31NO. The molecule has 0 atom stereocenters. The number of allylic oxidation sites excluding steroid dienone is 8. The van der Waals surface area contributed by atoms with Crippen molar-refractivity contribution in [2.24, 2.45) is 4.99 Å². The third kappa shape index (κ3) is 9.38. The summed E-state index contributed by atoms with van der Waals surface area (Å²) in [5, 5.41) is 0. The summed E-state index contributed by atoms with van der Waals surface area (Å²) in [4.78, 5) is 4.55. The van der Waals surface area contributed by atoms with Gasteiger partial charge in [0.15, 0.2) is 5.90 Å². The number of hydrogen-bond acceptors (Lipinski definition) is 2. The van der Waals surface area contributed by atoms with Crippen LogP contribution in [0.4, 0.5) is 0 Å². The van der Waals surface area contributed by atoms with Crippen molar-refractivity contribution in [3.8, 4) is 0 Å². The average Bonchev–Trinajstić information content (AvgIpc) is 2.83. The maximum Gasteiger partial charge on any atom is 0.184 e. The van der Waals surface area contributed by atoms with Crippen LogP contribution in [-0.4, -0.2) is 18.0 Å². The summed E-state index contributed by atoms with van der Waals surface area (Å²) in [5.74, 6) is 0.910. The molecule has 0 radical (unpaired) electrons. The van der Waals surface area contributed by atoms with Crippen LogP contribution < -0.4 is 0 Å². The lowest BCUT2D eigenvalue weighted by molar-refractivity contribution is 0.274. The van der Waals surface area contributed by atoms with E-state index in [1.165, 1.54) is 0 Å². The van der Waals surface area contributed by atoms with Gasteiger partial charge in [-0.25, -0.2) is 4.99 Å². The van der Waals surface area contributed by atoms with Crippen molar-refractivity contribution in [1.29, 1.82) is 0 Å². The molecule has 0 fully saturated rings. The molecule has 0 unspecified atom stereocenters. The summed E-state index contributed by atoms with van der Waals surface area (Å²) in [6, 6.07) is 0. The van der Waals surface area contributed by atoms with Gasteiger partial charge in [-0.3, -0.25) is 0 Å². The molecule has 2 nitrogen and oxygen atoms in total. The Morgan fingerprint density at radius 2 is 1.45 bits per heavy atom. The van der Waals surface area contributed by atoms with Gasteiger partial charge in [-0.15, -0.1) is 0 Å². The number of nitrogens with zero attached hydrogens (tertiary/aromatic N) is 1.